The normalized spacial score (nSPS) is 14.8. The molecule has 0 saturated carbocycles. The van der Waals surface area contributed by atoms with Gasteiger partial charge in [0.1, 0.15) is 0 Å². The zero-order valence-corrected chi connectivity index (χ0v) is 11.5. The SMILES string of the molecule is COCC(O)C(c1ccc(Cl)cc1)N(C)CCO. The number of methoxy groups -OCH3 is 1. The van der Waals surface area contributed by atoms with E-state index < -0.39 is 6.10 Å². The van der Waals surface area contributed by atoms with Crippen molar-refractivity contribution < 1.29 is 14.9 Å². The van der Waals surface area contributed by atoms with Crippen LogP contribution in [0.4, 0.5) is 0 Å². The van der Waals surface area contributed by atoms with Crippen LogP contribution in [0.1, 0.15) is 11.6 Å². The summed E-state index contributed by atoms with van der Waals surface area (Å²) in [6, 6.07) is 7.10. The molecular weight excluding hydrogens is 254 g/mol. The maximum atomic E-state index is 10.1. The number of aliphatic hydroxyl groups excluding tert-OH is 2. The molecule has 0 bridgehead atoms. The summed E-state index contributed by atoms with van der Waals surface area (Å²) >= 11 is 5.86. The van der Waals surface area contributed by atoms with Crippen LogP contribution in [0.5, 0.6) is 0 Å². The van der Waals surface area contributed by atoms with Crippen molar-refractivity contribution in [1.82, 2.24) is 4.90 Å². The van der Waals surface area contributed by atoms with Gasteiger partial charge in [0.05, 0.1) is 25.4 Å². The Morgan fingerprint density at radius 3 is 2.44 bits per heavy atom. The molecule has 2 N–H and O–H groups in total. The molecule has 1 aromatic rings. The number of ether oxygens (including phenoxy) is 1. The van der Waals surface area contributed by atoms with Crippen LogP contribution in [0, 0.1) is 0 Å². The molecule has 102 valence electrons. The summed E-state index contributed by atoms with van der Waals surface area (Å²) in [5.74, 6) is 0. The average Bonchev–Trinajstić information content (AvgIpc) is 2.33. The summed E-state index contributed by atoms with van der Waals surface area (Å²) in [4.78, 5) is 1.90. The standard InChI is InChI=1S/C13H20ClNO3/c1-15(7-8-16)13(12(17)9-18-2)10-3-5-11(14)6-4-10/h3-6,12-13,16-17H,7-9H2,1-2H3. The highest BCUT2D eigenvalue weighted by atomic mass is 35.5. The van der Waals surface area contributed by atoms with E-state index in [1.54, 1.807) is 19.2 Å². The number of nitrogens with zero attached hydrogens (tertiary/aromatic N) is 1. The molecular formula is C13H20ClNO3. The maximum absolute atomic E-state index is 10.1. The van der Waals surface area contributed by atoms with Gasteiger partial charge < -0.3 is 14.9 Å². The van der Waals surface area contributed by atoms with Gasteiger partial charge in [-0.05, 0) is 24.7 Å². The van der Waals surface area contributed by atoms with Gasteiger partial charge in [-0.15, -0.1) is 0 Å². The molecule has 0 aliphatic heterocycles. The number of benzene rings is 1. The monoisotopic (exact) mass is 273 g/mol. The van der Waals surface area contributed by atoms with Gasteiger partial charge in [0, 0.05) is 18.7 Å². The predicted octanol–water partition coefficient (Wildman–Crippen LogP) is 1.31. The first-order chi connectivity index (χ1) is 8.60. The van der Waals surface area contributed by atoms with E-state index in [1.165, 1.54) is 0 Å². The molecule has 1 rings (SSSR count). The molecule has 0 heterocycles. The summed E-state index contributed by atoms with van der Waals surface area (Å²) < 4.78 is 4.99. The van der Waals surface area contributed by atoms with Crippen molar-refractivity contribution in [1.29, 1.82) is 0 Å². The molecule has 2 unspecified atom stereocenters. The molecule has 18 heavy (non-hydrogen) atoms. The van der Waals surface area contributed by atoms with Crippen molar-refractivity contribution in [2.45, 2.75) is 12.1 Å². The highest BCUT2D eigenvalue weighted by molar-refractivity contribution is 6.30. The fraction of sp³-hybridized carbons (Fsp3) is 0.538. The lowest BCUT2D eigenvalue weighted by Gasteiger charge is -2.31. The van der Waals surface area contributed by atoms with Crippen molar-refractivity contribution in [3.05, 3.63) is 34.9 Å². The Balaban J connectivity index is 2.91. The van der Waals surface area contributed by atoms with Crippen molar-refractivity contribution in [2.24, 2.45) is 0 Å². The topological polar surface area (TPSA) is 52.9 Å². The summed E-state index contributed by atoms with van der Waals surface area (Å²) in [6.07, 6.45) is -0.660. The molecule has 0 radical (unpaired) electrons. The number of aliphatic hydroxyl groups is 2. The Bertz CT molecular complexity index is 333. The van der Waals surface area contributed by atoms with E-state index in [-0.39, 0.29) is 19.3 Å². The summed E-state index contributed by atoms with van der Waals surface area (Å²) in [7, 11) is 3.41. The van der Waals surface area contributed by atoms with Crippen LogP contribution in [-0.2, 0) is 4.74 Å². The lowest BCUT2D eigenvalue weighted by atomic mass is 10.0. The van der Waals surface area contributed by atoms with Crippen molar-refractivity contribution in [2.75, 3.05) is 33.9 Å². The van der Waals surface area contributed by atoms with Gasteiger partial charge in [-0.3, -0.25) is 4.90 Å². The number of hydrogen-bond donors (Lipinski definition) is 2. The van der Waals surface area contributed by atoms with Gasteiger partial charge in [0.25, 0.3) is 0 Å². The first-order valence-corrected chi connectivity index (χ1v) is 6.21. The number of halogens is 1. The first-order valence-electron chi connectivity index (χ1n) is 5.83. The van der Waals surface area contributed by atoms with Gasteiger partial charge in [0.15, 0.2) is 0 Å². The minimum atomic E-state index is -0.660. The fourth-order valence-corrected chi connectivity index (χ4v) is 2.12. The largest absolute Gasteiger partial charge is 0.395 e. The number of hydrogen-bond acceptors (Lipinski definition) is 4. The van der Waals surface area contributed by atoms with E-state index in [9.17, 15) is 5.11 Å². The molecule has 5 heteroatoms. The van der Waals surface area contributed by atoms with Crippen LogP contribution >= 0.6 is 11.6 Å². The Morgan fingerprint density at radius 2 is 1.94 bits per heavy atom. The van der Waals surface area contributed by atoms with Crippen molar-refractivity contribution in [3.8, 4) is 0 Å². The van der Waals surface area contributed by atoms with Crippen LogP contribution in [0.25, 0.3) is 0 Å². The third-order valence-corrected chi connectivity index (χ3v) is 3.09. The van der Waals surface area contributed by atoms with Crippen molar-refractivity contribution >= 4 is 11.6 Å². The van der Waals surface area contributed by atoms with Gasteiger partial charge in [-0.25, -0.2) is 0 Å². The lowest BCUT2D eigenvalue weighted by Crippen LogP contribution is -2.37. The third kappa shape index (κ3) is 4.23. The third-order valence-electron chi connectivity index (χ3n) is 2.84. The second-order valence-corrected chi connectivity index (χ2v) is 4.66. The van der Waals surface area contributed by atoms with Crippen LogP contribution in [-0.4, -0.2) is 55.1 Å². The molecule has 0 aromatic heterocycles. The number of rotatable bonds is 7. The Hall–Kier alpha value is -0.650. The van der Waals surface area contributed by atoms with Crippen LogP contribution in [0.3, 0.4) is 0 Å². The predicted molar refractivity (Wildman–Crippen MR) is 71.8 cm³/mol. The Kier molecular flexibility index (Phi) is 6.60. The molecule has 4 nitrogen and oxygen atoms in total. The smallest absolute Gasteiger partial charge is 0.0969 e. The summed E-state index contributed by atoms with van der Waals surface area (Å²) in [5.41, 5.74) is 0.944. The Labute approximate surface area is 113 Å². The first kappa shape index (κ1) is 15.4. The van der Waals surface area contributed by atoms with Gasteiger partial charge in [0.2, 0.25) is 0 Å². The van der Waals surface area contributed by atoms with Crippen LogP contribution in [0.2, 0.25) is 5.02 Å². The van der Waals surface area contributed by atoms with Gasteiger partial charge >= 0.3 is 0 Å². The quantitative estimate of drug-likeness (QED) is 0.787. The molecule has 0 aliphatic rings. The second-order valence-electron chi connectivity index (χ2n) is 4.22. The van der Waals surface area contributed by atoms with Gasteiger partial charge in [-0.2, -0.15) is 0 Å². The number of likely N-dealkylation sites (N-methyl/N-ethyl adjacent to an activating group) is 1. The highest BCUT2D eigenvalue weighted by Gasteiger charge is 2.25. The minimum Gasteiger partial charge on any atom is -0.395 e. The second kappa shape index (κ2) is 7.71. The van der Waals surface area contributed by atoms with E-state index >= 15 is 0 Å². The van der Waals surface area contributed by atoms with Gasteiger partial charge in [-0.1, -0.05) is 23.7 Å². The molecule has 1 aromatic carbocycles. The van der Waals surface area contributed by atoms with Crippen LogP contribution < -0.4 is 0 Å². The van der Waals surface area contributed by atoms with Crippen molar-refractivity contribution in [3.63, 3.8) is 0 Å². The summed E-state index contributed by atoms with van der Waals surface area (Å²) in [6.45, 7) is 0.761. The van der Waals surface area contributed by atoms with E-state index in [0.29, 0.717) is 11.6 Å². The fourth-order valence-electron chi connectivity index (χ4n) is 1.99. The van der Waals surface area contributed by atoms with Crippen LogP contribution in [0.15, 0.2) is 24.3 Å². The average molecular weight is 274 g/mol. The lowest BCUT2D eigenvalue weighted by molar-refractivity contribution is -0.000589. The van der Waals surface area contributed by atoms with E-state index in [1.807, 2.05) is 24.1 Å². The molecule has 0 spiro atoms. The molecule has 0 saturated heterocycles. The van der Waals surface area contributed by atoms with E-state index in [0.717, 1.165) is 5.56 Å². The molecule has 0 fully saturated rings. The van der Waals surface area contributed by atoms with E-state index in [2.05, 4.69) is 0 Å². The minimum absolute atomic E-state index is 0.0420. The molecule has 2 atom stereocenters. The highest BCUT2D eigenvalue weighted by Crippen LogP contribution is 2.24. The zero-order chi connectivity index (χ0) is 13.5. The van der Waals surface area contributed by atoms with E-state index in [4.69, 9.17) is 21.4 Å². The summed E-state index contributed by atoms with van der Waals surface area (Å²) in [5, 5.41) is 19.8. The molecule has 0 amide bonds. The maximum Gasteiger partial charge on any atom is 0.0969 e. The molecule has 0 aliphatic carbocycles. The zero-order valence-electron chi connectivity index (χ0n) is 10.7. The Morgan fingerprint density at radius 1 is 1.33 bits per heavy atom.